The van der Waals surface area contributed by atoms with Gasteiger partial charge in [0.05, 0.1) is 6.42 Å². The van der Waals surface area contributed by atoms with Crippen LogP contribution in [-0.2, 0) is 30.5 Å². The van der Waals surface area contributed by atoms with Crippen LogP contribution in [0.2, 0.25) is 0 Å². The van der Waals surface area contributed by atoms with Crippen molar-refractivity contribution < 1.29 is 33.8 Å². The number of rotatable bonds is 9. The van der Waals surface area contributed by atoms with E-state index < -0.39 is 42.4 Å². The predicted octanol–water partition coefficient (Wildman–Crippen LogP) is 3.71. The second-order valence-electron chi connectivity index (χ2n) is 9.55. The zero-order valence-corrected chi connectivity index (χ0v) is 21.1. The van der Waals surface area contributed by atoms with Crippen LogP contribution in [0.15, 0.2) is 78.9 Å². The molecule has 0 spiro atoms. The Morgan fingerprint density at radius 1 is 0.872 bits per heavy atom. The highest BCUT2D eigenvalue weighted by Gasteiger charge is 2.41. The van der Waals surface area contributed by atoms with E-state index in [0.29, 0.717) is 6.42 Å². The Hall–Kier alpha value is -4.66. The molecule has 2 aliphatic rings. The van der Waals surface area contributed by atoms with E-state index in [1.54, 1.807) is 12.1 Å². The smallest absolute Gasteiger partial charge is 0.407 e. The van der Waals surface area contributed by atoms with Gasteiger partial charge in [0, 0.05) is 12.5 Å². The van der Waals surface area contributed by atoms with Gasteiger partial charge in [-0.05, 0) is 34.2 Å². The van der Waals surface area contributed by atoms with Crippen LogP contribution >= 0.6 is 0 Å². The second kappa shape index (κ2) is 11.4. The van der Waals surface area contributed by atoms with Crippen LogP contribution in [0.1, 0.15) is 35.4 Å². The highest BCUT2D eigenvalue weighted by atomic mass is 16.5. The van der Waals surface area contributed by atoms with E-state index in [1.807, 2.05) is 66.7 Å². The molecule has 5 rings (SSSR count). The normalized spacial score (nSPS) is 16.3. The zero-order valence-electron chi connectivity index (χ0n) is 21.1. The topological polar surface area (TPSA) is 122 Å². The molecule has 2 atom stereocenters. The van der Waals surface area contributed by atoms with Gasteiger partial charge in [-0.3, -0.25) is 9.59 Å². The van der Waals surface area contributed by atoms with Crippen LogP contribution in [0.3, 0.4) is 0 Å². The molecule has 3 aromatic rings. The Bertz CT molecular complexity index is 1350. The second-order valence-corrected chi connectivity index (χ2v) is 9.55. The van der Waals surface area contributed by atoms with Gasteiger partial charge < -0.3 is 24.8 Å². The van der Waals surface area contributed by atoms with E-state index in [4.69, 9.17) is 9.47 Å². The number of aliphatic carboxylic acids is 1. The van der Waals surface area contributed by atoms with Crippen molar-refractivity contribution in [3.63, 3.8) is 0 Å². The van der Waals surface area contributed by atoms with Crippen LogP contribution in [0.4, 0.5) is 4.79 Å². The molecule has 0 radical (unpaired) electrons. The van der Waals surface area contributed by atoms with Crippen molar-refractivity contribution in [1.29, 1.82) is 0 Å². The Labute approximate surface area is 225 Å². The number of carbonyl (C=O) groups excluding carboxylic acids is 3. The maximum absolute atomic E-state index is 13.2. The third-order valence-electron chi connectivity index (χ3n) is 7.14. The number of hydrogen-bond donors (Lipinski definition) is 2. The van der Waals surface area contributed by atoms with E-state index >= 15 is 0 Å². The van der Waals surface area contributed by atoms with Gasteiger partial charge in [0.1, 0.15) is 25.3 Å². The lowest BCUT2D eigenvalue weighted by Gasteiger charge is -2.39. The number of carbonyl (C=O) groups is 4. The highest BCUT2D eigenvalue weighted by Crippen LogP contribution is 2.44. The lowest BCUT2D eigenvalue weighted by molar-refractivity contribution is -0.159. The van der Waals surface area contributed by atoms with Gasteiger partial charge >= 0.3 is 18.0 Å². The van der Waals surface area contributed by atoms with E-state index in [0.717, 1.165) is 32.7 Å². The number of carboxylic acids is 1. The number of fused-ring (bicyclic) bond motifs is 3. The SMILES string of the molecule is O=C(C[C@H](NC(=O)OCC1c2ccccc2-c2ccccc21)C(=O)N1CCC1C(=O)O)OCc1ccccc1. The summed E-state index contributed by atoms with van der Waals surface area (Å²) in [6.07, 6.45) is -1.03. The predicted molar refractivity (Wildman–Crippen MR) is 141 cm³/mol. The molecule has 0 saturated carbocycles. The average Bonchev–Trinajstić information content (AvgIpc) is 3.23. The zero-order chi connectivity index (χ0) is 27.4. The molecule has 1 aliphatic carbocycles. The van der Waals surface area contributed by atoms with Gasteiger partial charge in [-0.1, -0.05) is 78.9 Å². The molecule has 1 fully saturated rings. The first kappa shape index (κ1) is 26.0. The summed E-state index contributed by atoms with van der Waals surface area (Å²) in [5.74, 6) is -2.69. The summed E-state index contributed by atoms with van der Waals surface area (Å²) in [4.78, 5) is 51.2. The molecule has 3 aromatic carbocycles. The summed E-state index contributed by atoms with van der Waals surface area (Å²) in [6, 6.07) is 22.5. The molecular formula is C30H28N2O7. The van der Waals surface area contributed by atoms with E-state index in [2.05, 4.69) is 5.32 Å². The minimum atomic E-state index is -1.33. The largest absolute Gasteiger partial charge is 0.480 e. The van der Waals surface area contributed by atoms with Crippen molar-refractivity contribution in [3.05, 3.63) is 95.6 Å². The number of alkyl carbamates (subject to hydrolysis) is 1. The number of benzene rings is 3. The maximum atomic E-state index is 13.2. The summed E-state index contributed by atoms with van der Waals surface area (Å²) in [5, 5.41) is 11.9. The fraction of sp³-hybridized carbons (Fsp3) is 0.267. The van der Waals surface area contributed by atoms with Crippen molar-refractivity contribution >= 4 is 23.9 Å². The number of esters is 1. The number of ether oxygens (including phenoxy) is 2. The monoisotopic (exact) mass is 528 g/mol. The summed E-state index contributed by atoms with van der Waals surface area (Å²) in [6.45, 7) is 0.255. The number of nitrogens with zero attached hydrogens (tertiary/aromatic N) is 1. The van der Waals surface area contributed by atoms with Crippen molar-refractivity contribution in [2.24, 2.45) is 0 Å². The minimum Gasteiger partial charge on any atom is -0.480 e. The Morgan fingerprint density at radius 3 is 2.08 bits per heavy atom. The van der Waals surface area contributed by atoms with Gasteiger partial charge in [-0.2, -0.15) is 0 Å². The summed E-state index contributed by atoms with van der Waals surface area (Å²) in [7, 11) is 0. The standard InChI is InChI=1S/C30H28N2O7/c33-27(38-17-19-8-2-1-3-9-19)16-25(28(34)32-15-14-26(32)29(35)36)31-30(37)39-18-24-22-12-6-4-10-20(22)21-11-5-7-13-23(21)24/h1-13,24-26H,14-18H2,(H,31,37)(H,35,36)/t25-,26?/m0/s1. The van der Waals surface area contributed by atoms with Crippen LogP contribution in [0.25, 0.3) is 11.1 Å². The summed E-state index contributed by atoms with van der Waals surface area (Å²) < 4.78 is 10.8. The third-order valence-corrected chi connectivity index (χ3v) is 7.14. The lowest BCUT2D eigenvalue weighted by Crippen LogP contribution is -2.60. The number of likely N-dealkylation sites (tertiary alicyclic amines) is 1. The van der Waals surface area contributed by atoms with Crippen molar-refractivity contribution in [1.82, 2.24) is 10.2 Å². The van der Waals surface area contributed by atoms with Crippen LogP contribution in [0.5, 0.6) is 0 Å². The van der Waals surface area contributed by atoms with Gasteiger partial charge in [-0.25, -0.2) is 9.59 Å². The molecular weight excluding hydrogens is 500 g/mol. The molecule has 1 saturated heterocycles. The fourth-order valence-corrected chi connectivity index (χ4v) is 5.05. The van der Waals surface area contributed by atoms with Crippen LogP contribution in [-0.4, -0.2) is 59.2 Å². The third kappa shape index (κ3) is 5.62. The van der Waals surface area contributed by atoms with Gasteiger partial charge in [0.15, 0.2) is 0 Å². The Balaban J connectivity index is 1.25. The van der Waals surface area contributed by atoms with Gasteiger partial charge in [0.25, 0.3) is 0 Å². The molecule has 1 aliphatic heterocycles. The van der Waals surface area contributed by atoms with Crippen LogP contribution in [0, 0.1) is 0 Å². The van der Waals surface area contributed by atoms with Gasteiger partial charge in [0.2, 0.25) is 5.91 Å². The van der Waals surface area contributed by atoms with Gasteiger partial charge in [-0.15, -0.1) is 0 Å². The summed E-state index contributed by atoms with van der Waals surface area (Å²) in [5.41, 5.74) is 5.00. The molecule has 0 bridgehead atoms. The lowest BCUT2D eigenvalue weighted by atomic mass is 9.98. The average molecular weight is 529 g/mol. The minimum absolute atomic E-state index is 0.00694. The van der Waals surface area contributed by atoms with Crippen molar-refractivity contribution in [3.8, 4) is 11.1 Å². The molecule has 9 nitrogen and oxygen atoms in total. The van der Waals surface area contributed by atoms with Crippen LogP contribution < -0.4 is 5.32 Å². The molecule has 39 heavy (non-hydrogen) atoms. The number of nitrogens with one attached hydrogen (secondary N) is 1. The van der Waals surface area contributed by atoms with E-state index in [-0.39, 0.29) is 25.7 Å². The Morgan fingerprint density at radius 2 is 1.49 bits per heavy atom. The van der Waals surface area contributed by atoms with Crippen molar-refractivity contribution in [2.75, 3.05) is 13.2 Å². The Kier molecular flexibility index (Phi) is 7.58. The number of hydrogen-bond acceptors (Lipinski definition) is 6. The molecule has 0 aromatic heterocycles. The maximum Gasteiger partial charge on any atom is 0.407 e. The molecule has 2 N–H and O–H groups in total. The first-order valence-electron chi connectivity index (χ1n) is 12.8. The molecule has 9 heteroatoms. The number of carboxylic acid groups (broad SMARTS) is 1. The summed E-state index contributed by atoms with van der Waals surface area (Å²) >= 11 is 0. The molecule has 1 heterocycles. The van der Waals surface area contributed by atoms with Crippen molar-refractivity contribution in [2.45, 2.75) is 37.5 Å². The molecule has 1 unspecified atom stereocenters. The number of amides is 2. The molecule has 200 valence electrons. The van der Waals surface area contributed by atoms with E-state index in [9.17, 15) is 24.3 Å². The fourth-order valence-electron chi connectivity index (χ4n) is 5.05. The highest BCUT2D eigenvalue weighted by molar-refractivity contribution is 5.93. The molecule has 2 amide bonds. The first-order chi connectivity index (χ1) is 18.9. The first-order valence-corrected chi connectivity index (χ1v) is 12.8. The quantitative estimate of drug-likeness (QED) is 0.406. The van der Waals surface area contributed by atoms with E-state index in [1.165, 1.54) is 0 Å².